The molecule has 0 saturated carbocycles. The van der Waals surface area contributed by atoms with Gasteiger partial charge in [0.05, 0.1) is 0 Å². The largest absolute Gasteiger partial charge is 0.480 e. The van der Waals surface area contributed by atoms with Crippen LogP contribution >= 0.6 is 0 Å². The molecule has 0 fully saturated rings. The Kier molecular flexibility index (Phi) is 2.32. The average molecular weight is 184 g/mol. The molecule has 1 unspecified atom stereocenters. The van der Waals surface area contributed by atoms with Gasteiger partial charge in [0.25, 0.3) is 5.56 Å². The van der Waals surface area contributed by atoms with Crippen LogP contribution in [0.4, 0.5) is 0 Å². The van der Waals surface area contributed by atoms with Gasteiger partial charge < -0.3 is 5.11 Å². The van der Waals surface area contributed by atoms with Gasteiger partial charge in [-0.05, 0) is 6.92 Å². The number of aromatic amines is 1. The van der Waals surface area contributed by atoms with Crippen molar-refractivity contribution in [3.8, 4) is 0 Å². The van der Waals surface area contributed by atoms with Crippen molar-refractivity contribution in [2.45, 2.75) is 13.0 Å². The molecule has 2 N–H and O–H groups in total. The van der Waals surface area contributed by atoms with Crippen LogP contribution in [0.3, 0.4) is 0 Å². The molecule has 1 atom stereocenters. The van der Waals surface area contributed by atoms with Gasteiger partial charge in [-0.1, -0.05) is 0 Å². The summed E-state index contributed by atoms with van der Waals surface area (Å²) in [6, 6.07) is 0.116. The van der Waals surface area contributed by atoms with Gasteiger partial charge in [0.2, 0.25) is 0 Å². The number of H-pyrrole nitrogens is 1. The normalized spacial score (nSPS) is 12.4. The van der Waals surface area contributed by atoms with Crippen LogP contribution in [0.2, 0.25) is 0 Å². The van der Waals surface area contributed by atoms with Gasteiger partial charge in [-0.25, -0.2) is 9.59 Å². The predicted molar refractivity (Wildman–Crippen MR) is 43.7 cm³/mol. The summed E-state index contributed by atoms with van der Waals surface area (Å²) in [6.45, 7) is 1.35. The van der Waals surface area contributed by atoms with Crippen LogP contribution in [0.15, 0.2) is 21.9 Å². The van der Waals surface area contributed by atoms with Gasteiger partial charge in [-0.15, -0.1) is 0 Å². The number of rotatable bonds is 2. The third kappa shape index (κ3) is 1.84. The molecule has 0 aliphatic carbocycles. The molecule has 6 heteroatoms. The summed E-state index contributed by atoms with van der Waals surface area (Å²) in [4.78, 5) is 34.1. The Bertz CT molecular complexity index is 431. The number of hydrogen-bond donors (Lipinski definition) is 2. The molecule has 13 heavy (non-hydrogen) atoms. The van der Waals surface area contributed by atoms with Crippen LogP contribution in [0.25, 0.3) is 0 Å². The van der Waals surface area contributed by atoms with Crippen LogP contribution < -0.4 is 11.2 Å². The van der Waals surface area contributed by atoms with Crippen LogP contribution in [0.1, 0.15) is 13.0 Å². The van der Waals surface area contributed by atoms with Crippen molar-refractivity contribution in [1.82, 2.24) is 9.55 Å². The molecular formula is C7H8N2O4. The second kappa shape index (κ2) is 3.26. The minimum Gasteiger partial charge on any atom is -0.480 e. The number of carbonyl (C=O) groups is 1. The monoisotopic (exact) mass is 184 g/mol. The first kappa shape index (κ1) is 9.24. The lowest BCUT2D eigenvalue weighted by Crippen LogP contribution is -2.33. The first-order valence-electron chi connectivity index (χ1n) is 3.56. The fraction of sp³-hybridized carbons (Fsp3) is 0.286. The molecule has 0 bridgehead atoms. The maximum Gasteiger partial charge on any atom is 0.329 e. The third-order valence-electron chi connectivity index (χ3n) is 1.63. The van der Waals surface area contributed by atoms with E-state index in [1.54, 1.807) is 0 Å². The molecule has 1 aromatic heterocycles. The molecule has 0 radical (unpaired) electrons. The molecule has 1 aromatic rings. The number of nitrogens with zero attached hydrogens (tertiary/aromatic N) is 1. The number of carboxylic acids is 1. The highest BCUT2D eigenvalue weighted by atomic mass is 16.4. The Balaban J connectivity index is 3.24. The molecule has 0 saturated heterocycles. The van der Waals surface area contributed by atoms with Crippen molar-refractivity contribution in [2.75, 3.05) is 0 Å². The average Bonchev–Trinajstić information content (AvgIpc) is 2.03. The molecule has 1 heterocycles. The number of aliphatic carboxylic acids is 1. The lowest BCUT2D eigenvalue weighted by atomic mass is 10.3. The molecular weight excluding hydrogens is 176 g/mol. The molecule has 0 spiro atoms. The minimum absolute atomic E-state index is 0.543. The zero-order valence-electron chi connectivity index (χ0n) is 6.85. The lowest BCUT2D eigenvalue weighted by molar-refractivity contribution is -0.140. The first-order valence-corrected chi connectivity index (χ1v) is 3.56. The third-order valence-corrected chi connectivity index (χ3v) is 1.63. The number of nitrogens with one attached hydrogen (secondary N) is 1. The van der Waals surface area contributed by atoms with E-state index in [-0.39, 0.29) is 0 Å². The van der Waals surface area contributed by atoms with E-state index in [1.807, 2.05) is 4.98 Å². The van der Waals surface area contributed by atoms with Crippen molar-refractivity contribution in [3.63, 3.8) is 0 Å². The van der Waals surface area contributed by atoms with E-state index in [1.165, 1.54) is 6.92 Å². The van der Waals surface area contributed by atoms with Crippen molar-refractivity contribution in [3.05, 3.63) is 33.1 Å². The van der Waals surface area contributed by atoms with E-state index < -0.39 is 23.3 Å². The lowest BCUT2D eigenvalue weighted by Gasteiger charge is -2.07. The highest BCUT2D eigenvalue weighted by Gasteiger charge is 2.13. The molecule has 0 aliphatic heterocycles. The molecule has 0 amide bonds. The van der Waals surface area contributed by atoms with Crippen molar-refractivity contribution in [1.29, 1.82) is 0 Å². The minimum atomic E-state index is -1.13. The van der Waals surface area contributed by atoms with E-state index in [9.17, 15) is 14.4 Å². The smallest absolute Gasteiger partial charge is 0.329 e. The summed E-state index contributed by atoms with van der Waals surface area (Å²) in [5, 5.41) is 8.58. The van der Waals surface area contributed by atoms with Gasteiger partial charge in [0, 0.05) is 12.3 Å². The predicted octanol–water partition coefficient (Wildman–Crippen LogP) is -0.818. The van der Waals surface area contributed by atoms with Crippen LogP contribution in [0.5, 0.6) is 0 Å². The Morgan fingerprint density at radius 3 is 2.69 bits per heavy atom. The maximum atomic E-state index is 11.0. The van der Waals surface area contributed by atoms with Gasteiger partial charge in [0.15, 0.2) is 0 Å². The Labute approximate surface area is 72.5 Å². The number of aromatic nitrogens is 2. The fourth-order valence-corrected chi connectivity index (χ4v) is 0.851. The summed E-state index contributed by atoms with van der Waals surface area (Å²) in [6.07, 6.45) is 1.15. The Morgan fingerprint density at radius 2 is 2.23 bits per heavy atom. The molecule has 0 aliphatic rings. The Morgan fingerprint density at radius 1 is 1.62 bits per heavy atom. The summed E-state index contributed by atoms with van der Waals surface area (Å²) in [7, 11) is 0. The van der Waals surface area contributed by atoms with E-state index >= 15 is 0 Å². The zero-order chi connectivity index (χ0) is 10.0. The number of carboxylic acid groups (broad SMARTS) is 1. The van der Waals surface area contributed by atoms with Crippen LogP contribution in [0, 0.1) is 0 Å². The van der Waals surface area contributed by atoms with Gasteiger partial charge in [0.1, 0.15) is 6.04 Å². The summed E-state index contributed by atoms with van der Waals surface area (Å²) >= 11 is 0. The SMILES string of the molecule is CC(C(=O)O)n1ccc(=O)[nH]c1=O. The van der Waals surface area contributed by atoms with E-state index in [0.29, 0.717) is 0 Å². The second-order valence-electron chi connectivity index (χ2n) is 2.53. The summed E-state index contributed by atoms with van der Waals surface area (Å²) < 4.78 is 0.934. The zero-order valence-corrected chi connectivity index (χ0v) is 6.85. The molecule has 0 aromatic carbocycles. The second-order valence-corrected chi connectivity index (χ2v) is 2.53. The highest BCUT2D eigenvalue weighted by molar-refractivity contribution is 5.71. The van der Waals surface area contributed by atoms with Crippen LogP contribution in [-0.2, 0) is 4.79 Å². The maximum absolute atomic E-state index is 11.0. The summed E-state index contributed by atoms with van der Waals surface area (Å²) in [5.74, 6) is -1.13. The van der Waals surface area contributed by atoms with Crippen molar-refractivity contribution in [2.24, 2.45) is 0 Å². The summed E-state index contributed by atoms with van der Waals surface area (Å²) in [5.41, 5.74) is -1.26. The fourth-order valence-electron chi connectivity index (χ4n) is 0.851. The molecule has 6 nitrogen and oxygen atoms in total. The van der Waals surface area contributed by atoms with Crippen molar-refractivity contribution >= 4 is 5.97 Å². The van der Waals surface area contributed by atoms with Gasteiger partial charge >= 0.3 is 11.7 Å². The van der Waals surface area contributed by atoms with Gasteiger partial charge in [-0.2, -0.15) is 0 Å². The first-order chi connectivity index (χ1) is 6.02. The van der Waals surface area contributed by atoms with E-state index in [4.69, 9.17) is 5.11 Å². The topological polar surface area (TPSA) is 92.2 Å². The highest BCUT2D eigenvalue weighted by Crippen LogP contribution is 1.98. The van der Waals surface area contributed by atoms with Crippen molar-refractivity contribution < 1.29 is 9.90 Å². The van der Waals surface area contributed by atoms with Crippen LogP contribution in [-0.4, -0.2) is 20.6 Å². The standard InChI is InChI=1S/C7H8N2O4/c1-4(6(11)12)9-3-2-5(10)8-7(9)13/h2-4H,1H3,(H,11,12)(H,8,10,13). The molecule has 70 valence electrons. The van der Waals surface area contributed by atoms with E-state index in [2.05, 4.69) is 0 Å². The molecule has 1 rings (SSSR count). The van der Waals surface area contributed by atoms with Gasteiger partial charge in [-0.3, -0.25) is 14.3 Å². The Hall–Kier alpha value is -1.85. The quantitative estimate of drug-likeness (QED) is 0.628. The van der Waals surface area contributed by atoms with E-state index in [0.717, 1.165) is 16.8 Å². The number of hydrogen-bond acceptors (Lipinski definition) is 3.